The summed E-state index contributed by atoms with van der Waals surface area (Å²) < 4.78 is 33.3. The summed E-state index contributed by atoms with van der Waals surface area (Å²) in [7, 11) is -3.75. The predicted octanol–water partition coefficient (Wildman–Crippen LogP) is 4.95. The maximum absolute atomic E-state index is 13.0. The van der Waals surface area contributed by atoms with E-state index in [1.165, 1.54) is 22.5 Å². The normalized spacial score (nSPS) is 15.0. The van der Waals surface area contributed by atoms with Gasteiger partial charge in [-0.15, -0.1) is 0 Å². The van der Waals surface area contributed by atoms with E-state index in [1.54, 1.807) is 18.2 Å². The number of anilines is 1. The maximum Gasteiger partial charge on any atom is 0.255 e. The van der Waals surface area contributed by atoms with Crippen molar-refractivity contribution >= 4 is 33.2 Å². The van der Waals surface area contributed by atoms with Gasteiger partial charge in [-0.1, -0.05) is 43.5 Å². The monoisotopic (exact) mass is 450 g/mol. The minimum absolute atomic E-state index is 0.0359. The Morgan fingerprint density at radius 2 is 1.87 bits per heavy atom. The number of nitrogens with one attached hydrogen (secondary N) is 1. The molecule has 0 aromatic heterocycles. The second kappa shape index (κ2) is 10.3. The number of nitrogens with zero attached hydrogens (tertiary/aromatic N) is 1. The van der Waals surface area contributed by atoms with E-state index in [0.29, 0.717) is 31.1 Å². The van der Waals surface area contributed by atoms with Crippen molar-refractivity contribution in [2.24, 2.45) is 0 Å². The highest BCUT2D eigenvalue weighted by Crippen LogP contribution is 2.29. The Morgan fingerprint density at radius 1 is 1.13 bits per heavy atom. The van der Waals surface area contributed by atoms with E-state index < -0.39 is 15.9 Å². The van der Waals surface area contributed by atoms with E-state index in [9.17, 15) is 13.2 Å². The van der Waals surface area contributed by atoms with E-state index in [2.05, 4.69) is 12.2 Å². The number of piperidine rings is 1. The minimum atomic E-state index is -3.75. The molecular formula is C22H27ClN2O4S. The first kappa shape index (κ1) is 22.6. The van der Waals surface area contributed by atoms with Crippen LogP contribution in [0.25, 0.3) is 0 Å². The van der Waals surface area contributed by atoms with Crippen molar-refractivity contribution in [3.8, 4) is 5.75 Å². The van der Waals surface area contributed by atoms with Crippen molar-refractivity contribution in [2.75, 3.05) is 25.0 Å². The van der Waals surface area contributed by atoms with E-state index in [1.807, 2.05) is 6.07 Å². The molecule has 1 amide bonds. The number of ether oxygens (including phenoxy) is 1. The third kappa shape index (κ3) is 5.33. The number of rotatable bonds is 8. The maximum atomic E-state index is 13.0. The fraction of sp³-hybridized carbons (Fsp3) is 0.409. The molecule has 0 atom stereocenters. The summed E-state index contributed by atoms with van der Waals surface area (Å²) in [5, 5.41) is 2.93. The van der Waals surface area contributed by atoms with Crippen LogP contribution in [0.1, 0.15) is 49.4 Å². The molecule has 1 aliphatic heterocycles. The van der Waals surface area contributed by atoms with E-state index in [-0.39, 0.29) is 15.5 Å². The van der Waals surface area contributed by atoms with Gasteiger partial charge in [0, 0.05) is 18.7 Å². The van der Waals surface area contributed by atoms with Crippen molar-refractivity contribution in [2.45, 2.75) is 43.9 Å². The molecule has 0 saturated carbocycles. The fourth-order valence-electron chi connectivity index (χ4n) is 3.30. The van der Waals surface area contributed by atoms with E-state index in [4.69, 9.17) is 16.3 Å². The summed E-state index contributed by atoms with van der Waals surface area (Å²) in [5.41, 5.74) is 0.757. The van der Waals surface area contributed by atoms with Gasteiger partial charge in [0.2, 0.25) is 10.0 Å². The zero-order valence-corrected chi connectivity index (χ0v) is 18.6. The van der Waals surface area contributed by atoms with Crippen molar-refractivity contribution in [1.82, 2.24) is 4.31 Å². The third-order valence-corrected chi connectivity index (χ3v) is 7.40. The van der Waals surface area contributed by atoms with Crippen molar-refractivity contribution in [3.05, 3.63) is 53.1 Å². The summed E-state index contributed by atoms with van der Waals surface area (Å²) in [6.07, 6.45) is 4.59. The van der Waals surface area contributed by atoms with Crippen LogP contribution in [-0.4, -0.2) is 38.3 Å². The summed E-state index contributed by atoms with van der Waals surface area (Å²) in [6, 6.07) is 11.5. The molecule has 0 spiro atoms. The molecule has 2 aromatic rings. The molecule has 0 unspecified atom stereocenters. The fourth-order valence-corrected chi connectivity index (χ4v) is 5.32. The number of hydrogen-bond acceptors (Lipinski definition) is 4. The molecule has 30 heavy (non-hydrogen) atoms. The molecule has 6 nitrogen and oxygen atoms in total. The van der Waals surface area contributed by atoms with Crippen LogP contribution in [0.5, 0.6) is 5.75 Å². The second-order valence-corrected chi connectivity index (χ2v) is 9.58. The Bertz CT molecular complexity index is 988. The van der Waals surface area contributed by atoms with Gasteiger partial charge < -0.3 is 10.1 Å². The quantitative estimate of drug-likeness (QED) is 0.577. The number of halogens is 1. The number of para-hydroxylation sites is 2. The average molecular weight is 451 g/mol. The molecule has 1 N–H and O–H groups in total. The molecule has 1 fully saturated rings. The summed E-state index contributed by atoms with van der Waals surface area (Å²) >= 11 is 6.20. The van der Waals surface area contributed by atoms with Crippen molar-refractivity contribution in [3.63, 3.8) is 0 Å². The van der Waals surface area contributed by atoms with Crippen LogP contribution in [0, 0.1) is 0 Å². The average Bonchev–Trinajstić information content (AvgIpc) is 2.76. The lowest BCUT2D eigenvalue weighted by Crippen LogP contribution is -2.35. The lowest BCUT2D eigenvalue weighted by atomic mass is 10.2. The van der Waals surface area contributed by atoms with Gasteiger partial charge in [-0.3, -0.25) is 4.79 Å². The number of carbonyl (C=O) groups is 1. The molecule has 1 heterocycles. The Labute approximate surface area is 183 Å². The highest BCUT2D eigenvalue weighted by molar-refractivity contribution is 7.89. The van der Waals surface area contributed by atoms with Crippen molar-refractivity contribution in [1.29, 1.82) is 0 Å². The number of amides is 1. The summed E-state index contributed by atoms with van der Waals surface area (Å²) in [4.78, 5) is 12.8. The van der Waals surface area contributed by atoms with Gasteiger partial charge in [0.1, 0.15) is 10.6 Å². The largest absolute Gasteiger partial charge is 0.491 e. The van der Waals surface area contributed by atoms with E-state index >= 15 is 0 Å². The zero-order chi connectivity index (χ0) is 21.6. The van der Waals surface area contributed by atoms with Gasteiger partial charge in [0.25, 0.3) is 5.91 Å². The van der Waals surface area contributed by atoms with Gasteiger partial charge in [0.15, 0.2) is 0 Å². The van der Waals surface area contributed by atoms with Crippen LogP contribution in [-0.2, 0) is 10.0 Å². The highest BCUT2D eigenvalue weighted by atomic mass is 35.5. The van der Waals surface area contributed by atoms with Crippen LogP contribution in [0.3, 0.4) is 0 Å². The topological polar surface area (TPSA) is 75.7 Å². The van der Waals surface area contributed by atoms with Gasteiger partial charge in [0.05, 0.1) is 17.3 Å². The lowest BCUT2D eigenvalue weighted by molar-refractivity contribution is 0.102. The van der Waals surface area contributed by atoms with Crippen LogP contribution < -0.4 is 10.1 Å². The predicted molar refractivity (Wildman–Crippen MR) is 119 cm³/mol. The molecule has 1 aliphatic rings. The Balaban J connectivity index is 1.82. The lowest BCUT2D eigenvalue weighted by Gasteiger charge is -2.26. The second-order valence-electron chi connectivity index (χ2n) is 7.26. The number of carbonyl (C=O) groups excluding carboxylic acids is 1. The first-order valence-electron chi connectivity index (χ1n) is 10.3. The minimum Gasteiger partial charge on any atom is -0.491 e. The van der Waals surface area contributed by atoms with Crippen molar-refractivity contribution < 1.29 is 17.9 Å². The molecular weight excluding hydrogens is 424 g/mol. The van der Waals surface area contributed by atoms with Crippen LogP contribution >= 0.6 is 11.6 Å². The zero-order valence-electron chi connectivity index (χ0n) is 17.1. The molecule has 0 bridgehead atoms. The molecule has 3 rings (SSSR count). The third-order valence-electron chi connectivity index (χ3n) is 5.02. The Morgan fingerprint density at radius 3 is 2.60 bits per heavy atom. The van der Waals surface area contributed by atoms with Gasteiger partial charge in [-0.25, -0.2) is 8.42 Å². The molecule has 162 valence electrons. The van der Waals surface area contributed by atoms with Gasteiger partial charge in [-0.05, 0) is 49.6 Å². The Kier molecular flexibility index (Phi) is 7.75. The van der Waals surface area contributed by atoms with Crippen LogP contribution in [0.15, 0.2) is 47.4 Å². The molecule has 8 heteroatoms. The number of benzene rings is 2. The molecule has 1 saturated heterocycles. The summed E-state index contributed by atoms with van der Waals surface area (Å²) in [6.45, 7) is 3.57. The standard InChI is InChI=1S/C22H27ClN2O4S/c1-2-3-15-29-20-10-6-5-9-19(20)24-22(26)17-11-12-18(23)21(16-17)30(27,28)25-13-7-4-8-14-25/h5-6,9-12,16H,2-4,7-8,13-15H2,1H3,(H,24,26). The summed E-state index contributed by atoms with van der Waals surface area (Å²) in [5.74, 6) is 0.155. The SMILES string of the molecule is CCCCOc1ccccc1NC(=O)c1ccc(Cl)c(S(=O)(=O)N2CCCCC2)c1. The molecule has 0 aliphatic carbocycles. The van der Waals surface area contributed by atoms with Gasteiger partial charge >= 0.3 is 0 Å². The number of unbranched alkanes of at least 4 members (excludes halogenated alkanes) is 1. The smallest absolute Gasteiger partial charge is 0.255 e. The van der Waals surface area contributed by atoms with Gasteiger partial charge in [-0.2, -0.15) is 4.31 Å². The van der Waals surface area contributed by atoms with Crippen LogP contribution in [0.2, 0.25) is 5.02 Å². The molecule has 0 radical (unpaired) electrons. The first-order chi connectivity index (χ1) is 14.4. The molecule has 2 aromatic carbocycles. The first-order valence-corrected chi connectivity index (χ1v) is 12.1. The highest BCUT2D eigenvalue weighted by Gasteiger charge is 2.28. The number of sulfonamides is 1. The Hall–Kier alpha value is -2.09. The van der Waals surface area contributed by atoms with Crippen LogP contribution in [0.4, 0.5) is 5.69 Å². The van der Waals surface area contributed by atoms with E-state index in [0.717, 1.165) is 32.1 Å². The number of hydrogen-bond donors (Lipinski definition) is 1.